The maximum absolute atomic E-state index is 3.74. The Morgan fingerprint density at radius 2 is 1.53 bits per heavy atom. The summed E-state index contributed by atoms with van der Waals surface area (Å²) in [5.74, 6) is 1.51. The minimum atomic E-state index is 0.753. The van der Waals surface area contributed by atoms with Crippen molar-refractivity contribution in [2.45, 2.75) is 47.0 Å². The van der Waals surface area contributed by atoms with Gasteiger partial charge in [-0.1, -0.05) is 45.9 Å². The van der Waals surface area contributed by atoms with Crippen molar-refractivity contribution in [2.24, 2.45) is 11.8 Å². The molecule has 0 aromatic rings. The molecule has 0 bridgehead atoms. The number of unbranched alkanes of at least 4 members (excludes halogenated alkanes) is 2. The van der Waals surface area contributed by atoms with Gasteiger partial charge in [-0.05, 0) is 31.1 Å². The zero-order valence-corrected chi connectivity index (χ0v) is 12.3. The number of hydrogen-bond acceptors (Lipinski definition) is 1. The van der Waals surface area contributed by atoms with Gasteiger partial charge in [0.2, 0.25) is 0 Å². The summed E-state index contributed by atoms with van der Waals surface area (Å²) in [4.78, 5) is 2.55. The van der Waals surface area contributed by atoms with Crippen LogP contribution in [0.25, 0.3) is 0 Å². The second-order valence-electron chi connectivity index (χ2n) is 5.70. The van der Waals surface area contributed by atoms with Crippen LogP contribution in [0.1, 0.15) is 47.0 Å². The molecule has 17 heavy (non-hydrogen) atoms. The molecule has 1 heteroatoms. The van der Waals surface area contributed by atoms with E-state index in [0.717, 1.165) is 24.8 Å². The van der Waals surface area contributed by atoms with Crippen LogP contribution in [0.3, 0.4) is 0 Å². The lowest BCUT2D eigenvalue weighted by atomic mass is 10.1. The standard InChI is InChI=1S/C16H31N/c1-6-7-8-9-10-11-12-17(13-15(2)3)14-16(4)5/h6,10-11,15-16H,1,7-9,12-14H2,2-5H3/b11-10+. The third-order valence-corrected chi connectivity index (χ3v) is 2.56. The molecule has 0 N–H and O–H groups in total. The van der Waals surface area contributed by atoms with Crippen molar-refractivity contribution < 1.29 is 0 Å². The van der Waals surface area contributed by atoms with E-state index in [0.29, 0.717) is 0 Å². The normalized spacial score (nSPS) is 12.2. The highest BCUT2D eigenvalue weighted by Crippen LogP contribution is 2.04. The van der Waals surface area contributed by atoms with E-state index in [4.69, 9.17) is 0 Å². The van der Waals surface area contributed by atoms with E-state index in [1.807, 2.05) is 6.08 Å². The van der Waals surface area contributed by atoms with Crippen molar-refractivity contribution in [1.82, 2.24) is 4.90 Å². The highest BCUT2D eigenvalue weighted by molar-refractivity contribution is 4.86. The summed E-state index contributed by atoms with van der Waals surface area (Å²) in [5.41, 5.74) is 0. The van der Waals surface area contributed by atoms with E-state index in [-0.39, 0.29) is 0 Å². The Hall–Kier alpha value is -0.560. The quantitative estimate of drug-likeness (QED) is 0.399. The van der Waals surface area contributed by atoms with Crippen LogP contribution in [-0.4, -0.2) is 24.5 Å². The monoisotopic (exact) mass is 237 g/mol. The van der Waals surface area contributed by atoms with Gasteiger partial charge in [0, 0.05) is 19.6 Å². The maximum Gasteiger partial charge on any atom is 0.0163 e. The van der Waals surface area contributed by atoms with Crippen LogP contribution in [0.5, 0.6) is 0 Å². The Balaban J connectivity index is 3.84. The molecule has 100 valence electrons. The maximum atomic E-state index is 3.74. The molecule has 0 saturated heterocycles. The van der Waals surface area contributed by atoms with Gasteiger partial charge in [-0.25, -0.2) is 0 Å². The number of allylic oxidation sites excluding steroid dienone is 2. The smallest absolute Gasteiger partial charge is 0.0163 e. The molecular formula is C16H31N. The van der Waals surface area contributed by atoms with Crippen molar-refractivity contribution in [3.8, 4) is 0 Å². The first-order chi connectivity index (χ1) is 8.06. The van der Waals surface area contributed by atoms with Crippen molar-refractivity contribution in [3.05, 3.63) is 24.8 Å². The van der Waals surface area contributed by atoms with Crippen LogP contribution >= 0.6 is 0 Å². The van der Waals surface area contributed by atoms with Crippen LogP contribution in [0.4, 0.5) is 0 Å². The van der Waals surface area contributed by atoms with Crippen LogP contribution in [0.15, 0.2) is 24.8 Å². The minimum Gasteiger partial charge on any atom is -0.299 e. The van der Waals surface area contributed by atoms with Gasteiger partial charge in [0.15, 0.2) is 0 Å². The molecule has 0 spiro atoms. The van der Waals surface area contributed by atoms with Crippen molar-refractivity contribution >= 4 is 0 Å². The largest absolute Gasteiger partial charge is 0.299 e. The average molecular weight is 237 g/mol. The molecule has 0 rings (SSSR count). The molecule has 0 aliphatic rings. The fourth-order valence-corrected chi connectivity index (χ4v) is 1.98. The Bertz CT molecular complexity index is 194. The predicted molar refractivity (Wildman–Crippen MR) is 79.3 cm³/mol. The van der Waals surface area contributed by atoms with E-state index >= 15 is 0 Å². The predicted octanol–water partition coefficient (Wildman–Crippen LogP) is 4.51. The molecule has 0 aromatic carbocycles. The first-order valence-corrected chi connectivity index (χ1v) is 7.04. The van der Waals surface area contributed by atoms with Gasteiger partial charge in [0.25, 0.3) is 0 Å². The number of rotatable bonds is 10. The summed E-state index contributed by atoms with van der Waals surface area (Å²) in [6.45, 7) is 16.4. The fourth-order valence-electron chi connectivity index (χ4n) is 1.98. The van der Waals surface area contributed by atoms with Crippen LogP contribution < -0.4 is 0 Å². The Labute approximate surface area is 109 Å². The molecule has 0 aliphatic carbocycles. The fraction of sp³-hybridized carbons (Fsp3) is 0.750. The molecule has 0 atom stereocenters. The van der Waals surface area contributed by atoms with Crippen LogP contribution in [0.2, 0.25) is 0 Å². The average Bonchev–Trinajstić information content (AvgIpc) is 2.21. The highest BCUT2D eigenvalue weighted by atomic mass is 15.1. The first kappa shape index (κ1) is 16.4. The third-order valence-electron chi connectivity index (χ3n) is 2.56. The molecule has 0 amide bonds. The van der Waals surface area contributed by atoms with Crippen molar-refractivity contribution in [3.63, 3.8) is 0 Å². The molecule has 0 radical (unpaired) electrons. The molecule has 0 heterocycles. The first-order valence-electron chi connectivity index (χ1n) is 7.04. The molecule has 0 fully saturated rings. The van der Waals surface area contributed by atoms with Gasteiger partial charge in [0.1, 0.15) is 0 Å². The topological polar surface area (TPSA) is 3.24 Å². The highest BCUT2D eigenvalue weighted by Gasteiger charge is 2.07. The van der Waals surface area contributed by atoms with E-state index in [2.05, 4.69) is 51.3 Å². The van der Waals surface area contributed by atoms with Crippen LogP contribution in [-0.2, 0) is 0 Å². The van der Waals surface area contributed by atoms with E-state index in [1.54, 1.807) is 0 Å². The third kappa shape index (κ3) is 11.7. The number of hydrogen-bond donors (Lipinski definition) is 0. The molecule has 0 unspecified atom stereocenters. The van der Waals surface area contributed by atoms with Gasteiger partial charge < -0.3 is 0 Å². The van der Waals surface area contributed by atoms with Gasteiger partial charge in [-0.15, -0.1) is 6.58 Å². The van der Waals surface area contributed by atoms with Gasteiger partial charge in [-0.2, -0.15) is 0 Å². The lowest BCUT2D eigenvalue weighted by Gasteiger charge is -2.24. The second kappa shape index (κ2) is 10.6. The van der Waals surface area contributed by atoms with E-state index in [9.17, 15) is 0 Å². The van der Waals surface area contributed by atoms with E-state index < -0.39 is 0 Å². The summed E-state index contributed by atoms with van der Waals surface area (Å²) < 4.78 is 0. The van der Waals surface area contributed by atoms with Crippen molar-refractivity contribution in [1.29, 1.82) is 0 Å². The van der Waals surface area contributed by atoms with Crippen LogP contribution in [0, 0.1) is 11.8 Å². The summed E-state index contributed by atoms with van der Waals surface area (Å²) in [5, 5.41) is 0. The van der Waals surface area contributed by atoms with Crippen molar-refractivity contribution in [2.75, 3.05) is 19.6 Å². The minimum absolute atomic E-state index is 0.753. The van der Waals surface area contributed by atoms with Gasteiger partial charge in [0.05, 0.1) is 0 Å². The summed E-state index contributed by atoms with van der Waals surface area (Å²) in [6, 6.07) is 0. The van der Waals surface area contributed by atoms with E-state index in [1.165, 1.54) is 25.9 Å². The molecule has 0 aromatic heterocycles. The summed E-state index contributed by atoms with van der Waals surface area (Å²) >= 11 is 0. The lowest BCUT2D eigenvalue weighted by Crippen LogP contribution is -2.31. The Morgan fingerprint density at radius 3 is 2.00 bits per heavy atom. The molecule has 0 saturated carbocycles. The van der Waals surface area contributed by atoms with Gasteiger partial charge in [-0.3, -0.25) is 4.90 Å². The zero-order valence-electron chi connectivity index (χ0n) is 12.3. The molecular weight excluding hydrogens is 206 g/mol. The molecule has 0 aliphatic heterocycles. The Morgan fingerprint density at radius 1 is 0.941 bits per heavy atom. The lowest BCUT2D eigenvalue weighted by molar-refractivity contribution is 0.241. The number of nitrogens with zero attached hydrogens (tertiary/aromatic N) is 1. The SMILES string of the molecule is C=CCCC/C=C/CN(CC(C)C)CC(C)C. The molecule has 1 nitrogen and oxygen atoms in total. The zero-order chi connectivity index (χ0) is 13.1. The summed E-state index contributed by atoms with van der Waals surface area (Å²) in [7, 11) is 0. The Kier molecular flexibility index (Phi) is 10.2. The second-order valence-corrected chi connectivity index (χ2v) is 5.70. The van der Waals surface area contributed by atoms with Gasteiger partial charge >= 0.3 is 0 Å². The summed E-state index contributed by atoms with van der Waals surface area (Å²) in [6.07, 6.45) is 10.2.